The van der Waals surface area contributed by atoms with Crippen molar-refractivity contribution in [1.82, 2.24) is 19.7 Å². The number of fused-ring (bicyclic) bond motifs is 1. The number of aromatic nitrogens is 4. The zero-order chi connectivity index (χ0) is 11.5. The van der Waals surface area contributed by atoms with E-state index in [4.69, 9.17) is 0 Å². The van der Waals surface area contributed by atoms with Crippen LogP contribution in [0.15, 0.2) is 11.0 Å². The molecule has 0 unspecified atom stereocenters. The topological polar surface area (TPSA) is 63.6 Å². The number of H-pyrrole nitrogens is 1. The van der Waals surface area contributed by atoms with Gasteiger partial charge in [-0.25, -0.2) is 4.98 Å². The van der Waals surface area contributed by atoms with E-state index >= 15 is 0 Å². The van der Waals surface area contributed by atoms with Crippen LogP contribution in [-0.4, -0.2) is 19.7 Å². The molecule has 0 aliphatic carbocycles. The molecule has 0 fully saturated rings. The predicted octanol–water partition coefficient (Wildman–Crippen LogP) is 1.62. The molecule has 16 heavy (non-hydrogen) atoms. The molecule has 5 heteroatoms. The largest absolute Gasteiger partial charge is 0.296 e. The van der Waals surface area contributed by atoms with Crippen LogP contribution in [0.1, 0.15) is 32.0 Å². The second-order valence-corrected chi connectivity index (χ2v) is 3.96. The van der Waals surface area contributed by atoms with E-state index in [9.17, 15) is 4.79 Å². The Kier molecular flexibility index (Phi) is 3.03. The first-order valence-corrected chi connectivity index (χ1v) is 5.64. The maximum Gasteiger partial charge on any atom is 0.264 e. The average molecular weight is 220 g/mol. The molecule has 0 saturated carbocycles. The Balaban J connectivity index is 2.39. The predicted molar refractivity (Wildman–Crippen MR) is 62.4 cm³/mol. The molecule has 2 rings (SSSR count). The highest BCUT2D eigenvalue weighted by molar-refractivity contribution is 5.72. The summed E-state index contributed by atoms with van der Waals surface area (Å²) in [5.74, 6) is 0.748. The van der Waals surface area contributed by atoms with Crippen LogP contribution in [0.3, 0.4) is 0 Å². The van der Waals surface area contributed by atoms with E-state index in [1.165, 1.54) is 0 Å². The van der Waals surface area contributed by atoms with Crippen molar-refractivity contribution in [3.63, 3.8) is 0 Å². The third-order valence-electron chi connectivity index (χ3n) is 2.74. The highest BCUT2D eigenvalue weighted by atomic mass is 16.1. The lowest BCUT2D eigenvalue weighted by Crippen LogP contribution is -2.23. The zero-order valence-electron chi connectivity index (χ0n) is 9.66. The molecule has 0 aliphatic heterocycles. The summed E-state index contributed by atoms with van der Waals surface area (Å²) in [6.45, 7) is 4.74. The van der Waals surface area contributed by atoms with Crippen LogP contribution in [0.4, 0.5) is 0 Å². The fourth-order valence-electron chi connectivity index (χ4n) is 1.82. The fraction of sp³-hybridized carbons (Fsp3) is 0.545. The Morgan fingerprint density at radius 3 is 3.00 bits per heavy atom. The van der Waals surface area contributed by atoms with Crippen molar-refractivity contribution in [2.75, 3.05) is 0 Å². The van der Waals surface area contributed by atoms with Gasteiger partial charge >= 0.3 is 0 Å². The maximum atomic E-state index is 12.1. The molecule has 1 N–H and O–H groups in total. The lowest BCUT2D eigenvalue weighted by molar-refractivity contribution is 0.570. The first-order valence-electron chi connectivity index (χ1n) is 5.64. The van der Waals surface area contributed by atoms with Crippen LogP contribution in [-0.2, 0) is 6.54 Å². The molecular weight excluding hydrogens is 204 g/mol. The summed E-state index contributed by atoms with van der Waals surface area (Å²) in [4.78, 5) is 16.4. The summed E-state index contributed by atoms with van der Waals surface area (Å²) in [5, 5.41) is 7.13. The smallest absolute Gasteiger partial charge is 0.264 e. The van der Waals surface area contributed by atoms with Crippen LogP contribution in [0.25, 0.3) is 11.0 Å². The maximum absolute atomic E-state index is 12.1. The van der Waals surface area contributed by atoms with Crippen LogP contribution in [0.5, 0.6) is 0 Å². The molecule has 5 nitrogen and oxygen atoms in total. The van der Waals surface area contributed by atoms with Crippen molar-refractivity contribution < 1.29 is 0 Å². The summed E-state index contributed by atoms with van der Waals surface area (Å²) in [7, 11) is 0. The van der Waals surface area contributed by atoms with Crippen LogP contribution >= 0.6 is 0 Å². The molecular formula is C11H16N4O. The summed E-state index contributed by atoms with van der Waals surface area (Å²) in [5.41, 5.74) is 0.585. The van der Waals surface area contributed by atoms with Crippen molar-refractivity contribution >= 4 is 11.0 Å². The van der Waals surface area contributed by atoms with Crippen LogP contribution < -0.4 is 5.56 Å². The first-order chi connectivity index (χ1) is 7.74. The molecule has 0 spiro atoms. The molecule has 0 aromatic carbocycles. The molecule has 0 amide bonds. The lowest BCUT2D eigenvalue weighted by Gasteiger charge is -2.08. The van der Waals surface area contributed by atoms with Gasteiger partial charge in [0.25, 0.3) is 5.56 Å². The molecule has 0 bridgehead atoms. The third kappa shape index (κ3) is 1.85. The van der Waals surface area contributed by atoms with Crippen molar-refractivity contribution in [3.05, 3.63) is 22.4 Å². The Hall–Kier alpha value is -1.65. The van der Waals surface area contributed by atoms with E-state index in [1.807, 2.05) is 6.92 Å². The van der Waals surface area contributed by atoms with Gasteiger partial charge in [0, 0.05) is 6.54 Å². The zero-order valence-corrected chi connectivity index (χ0v) is 9.66. The number of aromatic amines is 1. The average Bonchev–Trinajstić information content (AvgIpc) is 2.71. The molecule has 0 aliphatic rings. The van der Waals surface area contributed by atoms with Gasteiger partial charge in [-0.05, 0) is 13.3 Å². The van der Waals surface area contributed by atoms with Crippen molar-refractivity contribution in [2.45, 2.75) is 39.7 Å². The highest BCUT2D eigenvalue weighted by Crippen LogP contribution is 2.05. The molecule has 0 radical (unpaired) electrons. The number of nitrogens with zero attached hydrogens (tertiary/aromatic N) is 3. The number of rotatable bonds is 4. The Morgan fingerprint density at radius 2 is 2.25 bits per heavy atom. The SMILES string of the molecule is CCCCCn1c(C)nc2[nH]ncc2c1=O. The number of hydrogen-bond donors (Lipinski definition) is 1. The minimum Gasteiger partial charge on any atom is -0.296 e. The van der Waals surface area contributed by atoms with Gasteiger partial charge < -0.3 is 0 Å². The quantitative estimate of drug-likeness (QED) is 0.796. The summed E-state index contributed by atoms with van der Waals surface area (Å²) < 4.78 is 1.73. The third-order valence-corrected chi connectivity index (χ3v) is 2.74. The number of nitrogens with one attached hydrogen (secondary N) is 1. The normalized spacial score (nSPS) is 11.1. The molecule has 2 aromatic rings. The monoisotopic (exact) mass is 220 g/mol. The van der Waals surface area contributed by atoms with E-state index in [0.717, 1.165) is 31.6 Å². The summed E-state index contributed by atoms with van der Waals surface area (Å²) in [6, 6.07) is 0. The van der Waals surface area contributed by atoms with E-state index in [1.54, 1.807) is 10.8 Å². The summed E-state index contributed by atoms with van der Waals surface area (Å²) in [6.07, 6.45) is 4.84. The van der Waals surface area contributed by atoms with E-state index < -0.39 is 0 Å². The Bertz CT molecular complexity index is 540. The Labute approximate surface area is 93.5 Å². The van der Waals surface area contributed by atoms with Gasteiger partial charge in [0.05, 0.1) is 6.20 Å². The van der Waals surface area contributed by atoms with Gasteiger partial charge in [-0.15, -0.1) is 0 Å². The first kappa shape index (κ1) is 10.9. The van der Waals surface area contributed by atoms with Crippen molar-refractivity contribution in [1.29, 1.82) is 0 Å². The van der Waals surface area contributed by atoms with Gasteiger partial charge in [0.2, 0.25) is 0 Å². The molecule has 0 saturated heterocycles. The van der Waals surface area contributed by atoms with Gasteiger partial charge in [0.1, 0.15) is 11.2 Å². The fourth-order valence-corrected chi connectivity index (χ4v) is 1.82. The number of hydrogen-bond acceptors (Lipinski definition) is 3. The number of aryl methyl sites for hydroxylation is 1. The lowest BCUT2D eigenvalue weighted by atomic mass is 10.2. The number of unbranched alkanes of at least 4 members (excludes halogenated alkanes) is 2. The van der Waals surface area contributed by atoms with Crippen LogP contribution in [0.2, 0.25) is 0 Å². The van der Waals surface area contributed by atoms with Gasteiger partial charge in [0.15, 0.2) is 5.65 Å². The summed E-state index contributed by atoms with van der Waals surface area (Å²) >= 11 is 0. The second-order valence-electron chi connectivity index (χ2n) is 3.96. The Morgan fingerprint density at radius 1 is 1.44 bits per heavy atom. The van der Waals surface area contributed by atoms with E-state index in [2.05, 4.69) is 22.1 Å². The highest BCUT2D eigenvalue weighted by Gasteiger charge is 2.08. The van der Waals surface area contributed by atoms with Gasteiger partial charge in [-0.1, -0.05) is 19.8 Å². The molecule has 2 heterocycles. The van der Waals surface area contributed by atoms with Crippen LogP contribution in [0, 0.1) is 6.92 Å². The molecule has 0 atom stereocenters. The van der Waals surface area contributed by atoms with Gasteiger partial charge in [-0.2, -0.15) is 5.10 Å². The van der Waals surface area contributed by atoms with Crippen molar-refractivity contribution in [3.8, 4) is 0 Å². The van der Waals surface area contributed by atoms with Gasteiger partial charge in [-0.3, -0.25) is 14.5 Å². The minimum atomic E-state index is 0.00681. The van der Waals surface area contributed by atoms with E-state index in [-0.39, 0.29) is 5.56 Å². The van der Waals surface area contributed by atoms with Crippen molar-refractivity contribution in [2.24, 2.45) is 0 Å². The standard InChI is InChI=1S/C11H16N4O/c1-3-4-5-6-15-8(2)13-10-9(11(15)16)7-12-14-10/h7H,3-6H2,1-2H3,(H,12,14). The molecule has 2 aromatic heterocycles. The minimum absolute atomic E-state index is 0.00681. The van der Waals surface area contributed by atoms with E-state index in [0.29, 0.717) is 11.0 Å². The second kappa shape index (κ2) is 4.47. The molecule has 86 valence electrons.